The van der Waals surface area contributed by atoms with Gasteiger partial charge in [0.2, 0.25) is 0 Å². The number of aryl methyl sites for hydroxylation is 1. The molecule has 1 fully saturated rings. The quantitative estimate of drug-likeness (QED) is 0.873. The smallest absolute Gasteiger partial charge is 0.0834 e. The summed E-state index contributed by atoms with van der Waals surface area (Å²) < 4.78 is 7.84. The average Bonchev–Trinajstić information content (AvgIpc) is 3.02. The van der Waals surface area contributed by atoms with Crippen LogP contribution >= 0.6 is 11.6 Å². The highest BCUT2D eigenvalue weighted by Crippen LogP contribution is 2.37. The fourth-order valence-electron chi connectivity index (χ4n) is 3.07. The number of nitrogens with one attached hydrogen (secondary N) is 1. The number of hydrogen-bond donors (Lipinski definition) is 1. The molecule has 2 rings (SSSR count). The van der Waals surface area contributed by atoms with Crippen molar-refractivity contribution >= 4 is 11.6 Å². The maximum atomic E-state index is 6.36. The van der Waals surface area contributed by atoms with Crippen molar-refractivity contribution in [1.29, 1.82) is 0 Å². The topological polar surface area (TPSA) is 39.1 Å². The molecule has 0 saturated carbocycles. The molecule has 19 heavy (non-hydrogen) atoms. The van der Waals surface area contributed by atoms with E-state index in [0.717, 1.165) is 43.3 Å². The molecule has 0 amide bonds. The van der Waals surface area contributed by atoms with Gasteiger partial charge in [-0.3, -0.25) is 4.68 Å². The molecule has 5 heteroatoms. The second-order valence-electron chi connectivity index (χ2n) is 5.00. The van der Waals surface area contributed by atoms with Gasteiger partial charge in [-0.2, -0.15) is 5.10 Å². The minimum atomic E-state index is 0.229. The van der Waals surface area contributed by atoms with Crippen molar-refractivity contribution in [3.05, 3.63) is 16.9 Å². The Balaban J connectivity index is 2.31. The molecule has 3 unspecified atom stereocenters. The van der Waals surface area contributed by atoms with E-state index < -0.39 is 0 Å². The molecule has 108 valence electrons. The van der Waals surface area contributed by atoms with Gasteiger partial charge in [0, 0.05) is 19.1 Å². The Bertz CT molecular complexity index is 407. The summed E-state index contributed by atoms with van der Waals surface area (Å²) in [5, 5.41) is 8.70. The first kappa shape index (κ1) is 14.8. The second-order valence-corrected chi connectivity index (χ2v) is 5.41. The Hall–Kier alpha value is -0.580. The summed E-state index contributed by atoms with van der Waals surface area (Å²) in [6.45, 7) is 9.02. The van der Waals surface area contributed by atoms with Crippen LogP contribution in [0.15, 0.2) is 6.20 Å². The van der Waals surface area contributed by atoms with Crippen LogP contribution < -0.4 is 5.32 Å². The van der Waals surface area contributed by atoms with E-state index in [9.17, 15) is 0 Å². The lowest BCUT2D eigenvalue weighted by Gasteiger charge is -2.28. The number of rotatable bonds is 6. The van der Waals surface area contributed by atoms with Crippen LogP contribution in [0.5, 0.6) is 0 Å². The standard InChI is InChI=1S/C14H24ClN3O/c1-4-12-10(7-8-19-12)13(16-5-2)14-11(15)9-17-18(14)6-3/h9-10,12-13,16H,4-8H2,1-3H3. The molecule has 0 aliphatic carbocycles. The van der Waals surface area contributed by atoms with E-state index in [1.807, 2.05) is 4.68 Å². The first-order chi connectivity index (χ1) is 9.22. The van der Waals surface area contributed by atoms with E-state index in [1.165, 1.54) is 0 Å². The zero-order valence-corrected chi connectivity index (χ0v) is 12.8. The van der Waals surface area contributed by atoms with Crippen LogP contribution in [-0.4, -0.2) is 29.0 Å². The predicted octanol–water partition coefficient (Wildman–Crippen LogP) is 3.02. The third kappa shape index (κ3) is 2.96. The van der Waals surface area contributed by atoms with E-state index in [4.69, 9.17) is 16.3 Å². The molecule has 0 spiro atoms. The van der Waals surface area contributed by atoms with Gasteiger partial charge in [-0.15, -0.1) is 0 Å². The molecular weight excluding hydrogens is 262 g/mol. The minimum absolute atomic E-state index is 0.229. The molecule has 2 heterocycles. The van der Waals surface area contributed by atoms with Gasteiger partial charge < -0.3 is 10.1 Å². The third-order valence-electron chi connectivity index (χ3n) is 3.94. The van der Waals surface area contributed by atoms with E-state index in [1.54, 1.807) is 6.20 Å². The summed E-state index contributed by atoms with van der Waals surface area (Å²) >= 11 is 6.36. The number of nitrogens with zero attached hydrogens (tertiary/aromatic N) is 2. The van der Waals surface area contributed by atoms with Crippen molar-refractivity contribution in [3.63, 3.8) is 0 Å². The fraction of sp³-hybridized carbons (Fsp3) is 0.786. The Morgan fingerprint density at radius 1 is 1.53 bits per heavy atom. The summed E-state index contributed by atoms with van der Waals surface area (Å²) in [6, 6.07) is 0.229. The van der Waals surface area contributed by atoms with E-state index in [-0.39, 0.29) is 6.04 Å². The first-order valence-electron chi connectivity index (χ1n) is 7.29. The zero-order valence-electron chi connectivity index (χ0n) is 12.0. The molecule has 0 radical (unpaired) electrons. The van der Waals surface area contributed by atoms with Gasteiger partial charge in [0.05, 0.1) is 29.1 Å². The molecule has 4 nitrogen and oxygen atoms in total. The Morgan fingerprint density at radius 2 is 2.32 bits per heavy atom. The highest BCUT2D eigenvalue weighted by atomic mass is 35.5. The lowest BCUT2D eigenvalue weighted by Crippen LogP contribution is -2.34. The van der Waals surface area contributed by atoms with Crippen LogP contribution in [0.2, 0.25) is 5.02 Å². The van der Waals surface area contributed by atoms with Gasteiger partial charge >= 0.3 is 0 Å². The highest BCUT2D eigenvalue weighted by molar-refractivity contribution is 6.31. The predicted molar refractivity (Wildman–Crippen MR) is 77.5 cm³/mol. The summed E-state index contributed by atoms with van der Waals surface area (Å²) in [6.07, 6.45) is 4.20. The highest BCUT2D eigenvalue weighted by Gasteiger charge is 2.36. The molecule has 1 aromatic heterocycles. The summed E-state index contributed by atoms with van der Waals surface area (Å²) in [4.78, 5) is 0. The van der Waals surface area contributed by atoms with Crippen molar-refractivity contribution in [1.82, 2.24) is 15.1 Å². The van der Waals surface area contributed by atoms with Gasteiger partial charge in [-0.25, -0.2) is 0 Å². The summed E-state index contributed by atoms with van der Waals surface area (Å²) in [7, 11) is 0. The molecule has 0 bridgehead atoms. The van der Waals surface area contributed by atoms with Crippen LogP contribution in [0.25, 0.3) is 0 Å². The molecule has 1 aromatic rings. The zero-order chi connectivity index (χ0) is 13.8. The number of halogens is 1. The van der Waals surface area contributed by atoms with Crippen LogP contribution in [0.4, 0.5) is 0 Å². The van der Waals surface area contributed by atoms with E-state index in [0.29, 0.717) is 12.0 Å². The SMILES string of the molecule is CCNC(c1c(Cl)cnn1CC)C1CCOC1CC. The first-order valence-corrected chi connectivity index (χ1v) is 7.66. The number of aromatic nitrogens is 2. The third-order valence-corrected chi connectivity index (χ3v) is 4.23. The number of hydrogen-bond acceptors (Lipinski definition) is 3. The van der Waals surface area contributed by atoms with Crippen LogP contribution in [-0.2, 0) is 11.3 Å². The fourth-order valence-corrected chi connectivity index (χ4v) is 3.33. The molecular formula is C14H24ClN3O. The van der Waals surface area contributed by atoms with Gasteiger partial charge in [-0.05, 0) is 26.3 Å². The minimum Gasteiger partial charge on any atom is -0.378 e. The van der Waals surface area contributed by atoms with Gasteiger partial charge in [-0.1, -0.05) is 25.4 Å². The maximum Gasteiger partial charge on any atom is 0.0834 e. The van der Waals surface area contributed by atoms with Crippen molar-refractivity contribution in [3.8, 4) is 0 Å². The molecule has 1 N–H and O–H groups in total. The van der Waals surface area contributed by atoms with E-state index >= 15 is 0 Å². The van der Waals surface area contributed by atoms with Crippen molar-refractivity contribution in [2.45, 2.75) is 52.3 Å². The Kier molecular flexibility index (Phi) is 5.25. The molecule has 1 saturated heterocycles. The van der Waals surface area contributed by atoms with Crippen molar-refractivity contribution < 1.29 is 4.74 Å². The molecule has 1 aliphatic rings. The summed E-state index contributed by atoms with van der Waals surface area (Å²) in [5.74, 6) is 0.476. The lowest BCUT2D eigenvalue weighted by molar-refractivity contribution is 0.0766. The maximum absolute atomic E-state index is 6.36. The molecule has 3 atom stereocenters. The van der Waals surface area contributed by atoms with Gasteiger partial charge in [0.25, 0.3) is 0 Å². The Labute approximate surface area is 120 Å². The lowest BCUT2D eigenvalue weighted by atomic mass is 9.89. The summed E-state index contributed by atoms with van der Waals surface area (Å²) in [5.41, 5.74) is 1.11. The average molecular weight is 286 g/mol. The molecule has 0 aromatic carbocycles. The normalized spacial score (nSPS) is 24.8. The van der Waals surface area contributed by atoms with E-state index in [2.05, 4.69) is 31.2 Å². The van der Waals surface area contributed by atoms with Crippen LogP contribution in [0.3, 0.4) is 0 Å². The second kappa shape index (κ2) is 6.73. The van der Waals surface area contributed by atoms with Crippen LogP contribution in [0, 0.1) is 5.92 Å². The van der Waals surface area contributed by atoms with Crippen LogP contribution in [0.1, 0.15) is 45.3 Å². The van der Waals surface area contributed by atoms with Crippen molar-refractivity contribution in [2.24, 2.45) is 5.92 Å². The van der Waals surface area contributed by atoms with Gasteiger partial charge in [0.1, 0.15) is 0 Å². The monoisotopic (exact) mass is 285 g/mol. The largest absolute Gasteiger partial charge is 0.378 e. The van der Waals surface area contributed by atoms with Gasteiger partial charge in [0.15, 0.2) is 0 Å². The van der Waals surface area contributed by atoms with Crippen molar-refractivity contribution in [2.75, 3.05) is 13.2 Å². The molecule has 1 aliphatic heterocycles. The number of ether oxygens (including phenoxy) is 1. The Morgan fingerprint density at radius 3 is 2.95 bits per heavy atom.